The largest absolute Gasteiger partial charge is 0.330 e. The van der Waals surface area contributed by atoms with Gasteiger partial charge in [0, 0.05) is 25.8 Å². The molecule has 0 bridgehead atoms. The quantitative estimate of drug-likeness (QED) is 0.688. The van der Waals surface area contributed by atoms with Gasteiger partial charge in [-0.05, 0) is 68.6 Å². The van der Waals surface area contributed by atoms with Gasteiger partial charge in [-0.2, -0.15) is 5.26 Å². The van der Waals surface area contributed by atoms with Crippen molar-refractivity contribution in [1.29, 1.82) is 5.26 Å². The minimum absolute atomic E-state index is 0.0520. The van der Waals surface area contributed by atoms with E-state index in [1.165, 1.54) is 5.56 Å². The number of aromatic nitrogens is 3. The first-order chi connectivity index (χ1) is 13.7. The van der Waals surface area contributed by atoms with E-state index in [1.807, 2.05) is 52.5 Å². The van der Waals surface area contributed by atoms with E-state index in [0.717, 1.165) is 50.2 Å². The van der Waals surface area contributed by atoms with Gasteiger partial charge < -0.3 is 0 Å². The van der Waals surface area contributed by atoms with Crippen LogP contribution in [0.25, 0.3) is 11.2 Å². The summed E-state index contributed by atoms with van der Waals surface area (Å²) in [7, 11) is 0. The molecular formula is C22H25N5O. The summed E-state index contributed by atoms with van der Waals surface area (Å²) in [6, 6.07) is 13.9. The number of hydrogen-bond donors (Lipinski definition) is 0. The summed E-state index contributed by atoms with van der Waals surface area (Å²) in [5.74, 6) is 0.493. The zero-order valence-corrected chi connectivity index (χ0v) is 16.2. The van der Waals surface area contributed by atoms with E-state index in [-0.39, 0.29) is 5.69 Å². The van der Waals surface area contributed by atoms with Gasteiger partial charge >= 0.3 is 5.69 Å². The molecule has 144 valence electrons. The average molecular weight is 375 g/mol. The smallest absolute Gasteiger partial charge is 0.299 e. The van der Waals surface area contributed by atoms with Crippen LogP contribution in [0.3, 0.4) is 0 Å². The Morgan fingerprint density at radius 3 is 2.57 bits per heavy atom. The van der Waals surface area contributed by atoms with Crippen LogP contribution in [-0.2, 0) is 19.6 Å². The Morgan fingerprint density at radius 1 is 1.14 bits per heavy atom. The SMILES string of the molecule is CCn1c(=O)n(CC2CCN(Cc3ccc(C#N)cc3)CC2)c2ncccc21. The van der Waals surface area contributed by atoms with Crippen LogP contribution in [0.2, 0.25) is 0 Å². The Kier molecular flexibility index (Phi) is 5.27. The van der Waals surface area contributed by atoms with Gasteiger partial charge in [-0.3, -0.25) is 14.0 Å². The van der Waals surface area contributed by atoms with Crippen LogP contribution < -0.4 is 5.69 Å². The van der Waals surface area contributed by atoms with Gasteiger partial charge in [-0.25, -0.2) is 9.78 Å². The minimum atomic E-state index is 0.0520. The number of pyridine rings is 1. The number of benzene rings is 1. The standard InChI is InChI=1S/C22H25N5O/c1-2-26-20-4-3-11-24-21(20)27(22(26)28)16-19-9-12-25(13-10-19)15-18-7-5-17(14-23)6-8-18/h3-8,11,19H,2,9-10,12-13,15-16H2,1H3. The number of piperidine rings is 1. The molecule has 0 saturated carbocycles. The molecule has 0 radical (unpaired) electrons. The maximum atomic E-state index is 12.8. The van der Waals surface area contributed by atoms with Crippen molar-refractivity contribution in [2.24, 2.45) is 5.92 Å². The highest BCUT2D eigenvalue weighted by atomic mass is 16.1. The lowest BCUT2D eigenvalue weighted by atomic mass is 9.96. The third kappa shape index (κ3) is 3.58. The summed E-state index contributed by atoms with van der Waals surface area (Å²) in [4.78, 5) is 19.7. The summed E-state index contributed by atoms with van der Waals surface area (Å²) in [5.41, 5.74) is 3.72. The van der Waals surface area contributed by atoms with E-state index in [2.05, 4.69) is 16.0 Å². The topological polar surface area (TPSA) is 66.8 Å². The summed E-state index contributed by atoms with van der Waals surface area (Å²) in [5, 5.41) is 8.91. The molecule has 6 nitrogen and oxygen atoms in total. The maximum absolute atomic E-state index is 12.8. The number of fused-ring (bicyclic) bond motifs is 1. The number of nitriles is 1. The van der Waals surface area contributed by atoms with Crippen molar-refractivity contribution >= 4 is 11.2 Å². The fourth-order valence-electron chi connectivity index (χ4n) is 4.14. The molecule has 28 heavy (non-hydrogen) atoms. The Hall–Kier alpha value is -2.91. The number of rotatable bonds is 5. The third-order valence-electron chi connectivity index (χ3n) is 5.73. The first-order valence-electron chi connectivity index (χ1n) is 9.95. The molecule has 3 aromatic rings. The number of aryl methyl sites for hydroxylation is 1. The van der Waals surface area contributed by atoms with Crippen LogP contribution in [0.1, 0.15) is 30.9 Å². The second kappa shape index (κ2) is 7.99. The molecule has 0 atom stereocenters. The molecule has 1 aliphatic rings. The first kappa shape index (κ1) is 18.5. The number of imidazole rings is 1. The zero-order chi connectivity index (χ0) is 19.5. The average Bonchev–Trinajstić information content (AvgIpc) is 3.01. The molecular weight excluding hydrogens is 350 g/mol. The fraction of sp³-hybridized carbons (Fsp3) is 0.409. The second-order valence-corrected chi connectivity index (χ2v) is 7.51. The summed E-state index contributed by atoms with van der Waals surface area (Å²) >= 11 is 0. The van der Waals surface area contributed by atoms with Gasteiger partial charge in [0.1, 0.15) is 0 Å². The van der Waals surface area contributed by atoms with Gasteiger partial charge in [-0.1, -0.05) is 12.1 Å². The van der Waals surface area contributed by atoms with Crippen LogP contribution in [0.4, 0.5) is 0 Å². The molecule has 1 aromatic carbocycles. The fourth-order valence-corrected chi connectivity index (χ4v) is 4.14. The maximum Gasteiger partial charge on any atom is 0.330 e. The van der Waals surface area contributed by atoms with Crippen LogP contribution in [-0.4, -0.2) is 32.1 Å². The zero-order valence-electron chi connectivity index (χ0n) is 16.2. The Bertz CT molecular complexity index is 1050. The van der Waals surface area contributed by atoms with Crippen molar-refractivity contribution in [2.75, 3.05) is 13.1 Å². The molecule has 1 fully saturated rings. The Labute approximate surface area is 164 Å². The molecule has 3 heterocycles. The lowest BCUT2D eigenvalue weighted by Gasteiger charge is -2.32. The lowest BCUT2D eigenvalue weighted by Crippen LogP contribution is -2.36. The number of nitrogens with zero attached hydrogens (tertiary/aromatic N) is 5. The molecule has 0 aliphatic carbocycles. The van der Waals surface area contributed by atoms with Gasteiger partial charge in [0.2, 0.25) is 0 Å². The molecule has 1 saturated heterocycles. The number of likely N-dealkylation sites (tertiary alicyclic amines) is 1. The van der Waals surface area contributed by atoms with E-state index in [9.17, 15) is 4.79 Å². The first-order valence-corrected chi connectivity index (χ1v) is 9.95. The van der Waals surface area contributed by atoms with Crippen LogP contribution in [0.15, 0.2) is 47.4 Å². The predicted octanol–water partition coefficient (Wildman–Crippen LogP) is 3.00. The van der Waals surface area contributed by atoms with E-state index < -0.39 is 0 Å². The third-order valence-corrected chi connectivity index (χ3v) is 5.73. The molecule has 1 aliphatic heterocycles. The van der Waals surface area contributed by atoms with Crippen molar-refractivity contribution in [3.63, 3.8) is 0 Å². The van der Waals surface area contributed by atoms with Crippen LogP contribution in [0.5, 0.6) is 0 Å². The van der Waals surface area contributed by atoms with Crippen molar-refractivity contribution in [2.45, 2.75) is 39.4 Å². The highest BCUT2D eigenvalue weighted by Gasteiger charge is 2.22. The second-order valence-electron chi connectivity index (χ2n) is 7.51. The minimum Gasteiger partial charge on any atom is -0.299 e. The van der Waals surface area contributed by atoms with Crippen molar-refractivity contribution in [3.8, 4) is 6.07 Å². The van der Waals surface area contributed by atoms with Crippen molar-refractivity contribution < 1.29 is 0 Å². The van der Waals surface area contributed by atoms with Crippen LogP contribution >= 0.6 is 0 Å². The molecule has 0 amide bonds. The normalized spacial score (nSPS) is 15.7. The summed E-state index contributed by atoms with van der Waals surface area (Å²) in [6.45, 7) is 6.37. The Morgan fingerprint density at radius 2 is 1.89 bits per heavy atom. The molecule has 6 heteroatoms. The van der Waals surface area contributed by atoms with E-state index in [4.69, 9.17) is 5.26 Å². The Balaban J connectivity index is 1.41. The van der Waals surface area contributed by atoms with Gasteiger partial charge in [0.05, 0.1) is 17.1 Å². The molecule has 2 aromatic heterocycles. The molecule has 0 unspecified atom stereocenters. The van der Waals surface area contributed by atoms with E-state index >= 15 is 0 Å². The molecule has 0 spiro atoms. The van der Waals surface area contributed by atoms with Crippen molar-refractivity contribution in [1.82, 2.24) is 19.0 Å². The van der Waals surface area contributed by atoms with E-state index in [0.29, 0.717) is 18.0 Å². The van der Waals surface area contributed by atoms with E-state index in [1.54, 1.807) is 6.20 Å². The van der Waals surface area contributed by atoms with Crippen LogP contribution in [0, 0.1) is 17.2 Å². The molecule has 4 rings (SSSR count). The predicted molar refractivity (Wildman–Crippen MR) is 109 cm³/mol. The monoisotopic (exact) mass is 375 g/mol. The summed E-state index contributed by atoms with van der Waals surface area (Å²) in [6.07, 6.45) is 3.92. The highest BCUT2D eigenvalue weighted by molar-refractivity contribution is 5.71. The highest BCUT2D eigenvalue weighted by Crippen LogP contribution is 2.22. The van der Waals surface area contributed by atoms with Gasteiger partial charge in [0.15, 0.2) is 5.65 Å². The number of hydrogen-bond acceptors (Lipinski definition) is 4. The lowest BCUT2D eigenvalue weighted by molar-refractivity contribution is 0.167. The van der Waals surface area contributed by atoms with Crippen molar-refractivity contribution in [3.05, 3.63) is 64.2 Å². The summed E-state index contributed by atoms with van der Waals surface area (Å²) < 4.78 is 3.67. The van der Waals surface area contributed by atoms with Gasteiger partial charge in [-0.15, -0.1) is 0 Å². The van der Waals surface area contributed by atoms with Gasteiger partial charge in [0.25, 0.3) is 0 Å². The molecule has 0 N–H and O–H groups in total.